The van der Waals surface area contributed by atoms with Crippen molar-refractivity contribution in [3.05, 3.63) is 53.1 Å². The fraction of sp³-hybridized carbons (Fsp3) is 0.481. The molecular weight excluding hydrogens is 494 g/mol. The summed E-state index contributed by atoms with van der Waals surface area (Å²) in [5.74, 6) is 0.343. The Morgan fingerprint density at radius 1 is 1.11 bits per heavy atom. The summed E-state index contributed by atoms with van der Waals surface area (Å²) in [7, 11) is -3.57. The van der Waals surface area contributed by atoms with Crippen molar-refractivity contribution in [3.63, 3.8) is 0 Å². The van der Waals surface area contributed by atoms with Crippen molar-refractivity contribution in [2.75, 3.05) is 31.1 Å². The summed E-state index contributed by atoms with van der Waals surface area (Å²) in [6.07, 6.45) is 3.58. The van der Waals surface area contributed by atoms with Gasteiger partial charge in [-0.1, -0.05) is 18.3 Å². The number of piperidine rings is 1. The summed E-state index contributed by atoms with van der Waals surface area (Å²) in [6, 6.07) is 10.5. The van der Waals surface area contributed by atoms with Crippen molar-refractivity contribution in [1.82, 2.24) is 9.29 Å². The van der Waals surface area contributed by atoms with Gasteiger partial charge in [0.1, 0.15) is 0 Å². The second-order valence-electron chi connectivity index (χ2n) is 10.1. The predicted molar refractivity (Wildman–Crippen MR) is 143 cm³/mol. The van der Waals surface area contributed by atoms with Gasteiger partial charge in [0.05, 0.1) is 27.8 Å². The molecule has 3 aromatic rings. The largest absolute Gasteiger partial charge is 0.376 e. The Labute approximate surface area is 217 Å². The van der Waals surface area contributed by atoms with Gasteiger partial charge in [-0.2, -0.15) is 4.31 Å². The van der Waals surface area contributed by atoms with Crippen molar-refractivity contribution in [2.24, 2.45) is 5.92 Å². The molecule has 2 aliphatic rings. The summed E-state index contributed by atoms with van der Waals surface area (Å²) in [4.78, 5) is 20.4. The maximum atomic E-state index is 13.7. The van der Waals surface area contributed by atoms with Crippen LogP contribution in [-0.4, -0.2) is 56.0 Å². The van der Waals surface area contributed by atoms with Crippen LogP contribution in [0.4, 0.5) is 5.13 Å². The second kappa shape index (κ2) is 10.2. The molecule has 1 amide bonds. The lowest BCUT2D eigenvalue weighted by atomic mass is 10.0. The molecular formula is C27H33N3O4S2. The summed E-state index contributed by atoms with van der Waals surface area (Å²) in [6.45, 7) is 8.48. The summed E-state index contributed by atoms with van der Waals surface area (Å²) >= 11 is 1.50. The molecule has 36 heavy (non-hydrogen) atoms. The zero-order valence-corrected chi connectivity index (χ0v) is 22.7. The lowest BCUT2D eigenvalue weighted by Crippen LogP contribution is -2.38. The van der Waals surface area contributed by atoms with Crippen LogP contribution in [-0.2, 0) is 14.8 Å². The number of carbonyl (C=O) groups is 1. The van der Waals surface area contributed by atoms with E-state index in [9.17, 15) is 13.2 Å². The number of thiazole rings is 1. The lowest BCUT2D eigenvalue weighted by Gasteiger charge is -2.29. The Bertz CT molecular complexity index is 1310. The number of fused-ring (bicyclic) bond motifs is 1. The number of rotatable bonds is 6. The van der Waals surface area contributed by atoms with E-state index in [1.54, 1.807) is 33.5 Å². The molecule has 5 rings (SSSR count). The number of hydrogen-bond acceptors (Lipinski definition) is 6. The number of amides is 1. The van der Waals surface area contributed by atoms with Gasteiger partial charge in [-0.15, -0.1) is 0 Å². The van der Waals surface area contributed by atoms with Crippen LogP contribution in [0.25, 0.3) is 10.2 Å². The summed E-state index contributed by atoms with van der Waals surface area (Å²) < 4.78 is 34.7. The van der Waals surface area contributed by atoms with Gasteiger partial charge < -0.3 is 4.74 Å². The number of aryl methyl sites for hydroxylation is 2. The van der Waals surface area contributed by atoms with Crippen LogP contribution < -0.4 is 4.90 Å². The zero-order valence-electron chi connectivity index (χ0n) is 21.1. The number of hydrogen-bond donors (Lipinski definition) is 0. The number of sulfonamides is 1. The Balaban J connectivity index is 1.42. The number of ether oxygens (including phenoxy) is 1. The molecule has 1 aromatic heterocycles. The van der Waals surface area contributed by atoms with Crippen molar-refractivity contribution >= 4 is 42.6 Å². The van der Waals surface area contributed by atoms with E-state index >= 15 is 0 Å². The molecule has 2 aliphatic heterocycles. The minimum absolute atomic E-state index is 0.0365. The van der Waals surface area contributed by atoms with Crippen molar-refractivity contribution in [3.8, 4) is 0 Å². The maximum Gasteiger partial charge on any atom is 0.260 e. The van der Waals surface area contributed by atoms with E-state index in [1.165, 1.54) is 16.9 Å². The van der Waals surface area contributed by atoms with Gasteiger partial charge in [-0.3, -0.25) is 9.69 Å². The van der Waals surface area contributed by atoms with Crippen LogP contribution in [0.15, 0.2) is 41.3 Å². The number of benzene rings is 2. The predicted octanol–water partition coefficient (Wildman–Crippen LogP) is 5.16. The summed E-state index contributed by atoms with van der Waals surface area (Å²) in [5, 5.41) is 0.634. The van der Waals surface area contributed by atoms with E-state index in [1.807, 2.05) is 0 Å². The third kappa shape index (κ3) is 5.07. The normalized spacial score (nSPS) is 19.7. The highest BCUT2D eigenvalue weighted by Gasteiger charge is 2.30. The van der Waals surface area contributed by atoms with Gasteiger partial charge in [0, 0.05) is 25.3 Å². The zero-order chi connectivity index (χ0) is 25.4. The molecule has 0 saturated carbocycles. The van der Waals surface area contributed by atoms with Gasteiger partial charge in [0.2, 0.25) is 10.0 Å². The van der Waals surface area contributed by atoms with Crippen LogP contribution in [0.2, 0.25) is 0 Å². The van der Waals surface area contributed by atoms with E-state index in [0.29, 0.717) is 42.9 Å². The molecule has 0 spiro atoms. The van der Waals surface area contributed by atoms with Crippen molar-refractivity contribution in [2.45, 2.75) is 57.5 Å². The van der Waals surface area contributed by atoms with Gasteiger partial charge in [0.25, 0.3) is 5.91 Å². The van der Waals surface area contributed by atoms with E-state index in [0.717, 1.165) is 41.5 Å². The quantitative estimate of drug-likeness (QED) is 0.442. The first-order valence-electron chi connectivity index (χ1n) is 12.6. The highest BCUT2D eigenvalue weighted by atomic mass is 32.2. The second-order valence-corrected chi connectivity index (χ2v) is 13.0. The van der Waals surface area contributed by atoms with Crippen LogP contribution >= 0.6 is 11.3 Å². The highest BCUT2D eigenvalue weighted by molar-refractivity contribution is 7.89. The minimum Gasteiger partial charge on any atom is -0.376 e. The first kappa shape index (κ1) is 25.3. The number of aromatic nitrogens is 1. The van der Waals surface area contributed by atoms with Gasteiger partial charge in [-0.25, -0.2) is 13.4 Å². The molecule has 0 bridgehead atoms. The fourth-order valence-corrected chi connectivity index (χ4v) is 7.35. The summed E-state index contributed by atoms with van der Waals surface area (Å²) in [5.41, 5.74) is 3.66. The van der Waals surface area contributed by atoms with E-state index in [-0.39, 0.29) is 16.9 Å². The monoisotopic (exact) mass is 527 g/mol. The number of anilines is 1. The van der Waals surface area contributed by atoms with Crippen LogP contribution in [0, 0.1) is 19.8 Å². The Morgan fingerprint density at radius 3 is 2.47 bits per heavy atom. The first-order valence-corrected chi connectivity index (χ1v) is 14.9. The topological polar surface area (TPSA) is 79.8 Å². The van der Waals surface area contributed by atoms with Crippen LogP contribution in [0.3, 0.4) is 0 Å². The molecule has 0 N–H and O–H groups in total. The van der Waals surface area contributed by atoms with E-state index in [2.05, 4.69) is 32.9 Å². The van der Waals surface area contributed by atoms with Gasteiger partial charge >= 0.3 is 0 Å². The molecule has 9 heteroatoms. The average Bonchev–Trinajstić information content (AvgIpc) is 3.52. The average molecular weight is 528 g/mol. The van der Waals surface area contributed by atoms with Crippen molar-refractivity contribution in [1.29, 1.82) is 0 Å². The molecule has 0 radical (unpaired) electrons. The molecule has 7 nitrogen and oxygen atoms in total. The Morgan fingerprint density at radius 2 is 1.81 bits per heavy atom. The van der Waals surface area contributed by atoms with Gasteiger partial charge in [0.15, 0.2) is 5.13 Å². The third-order valence-corrected chi connectivity index (χ3v) is 10.3. The number of nitrogens with zero attached hydrogens (tertiary/aromatic N) is 3. The minimum atomic E-state index is -3.57. The van der Waals surface area contributed by atoms with Crippen molar-refractivity contribution < 1.29 is 17.9 Å². The molecule has 1 unspecified atom stereocenters. The molecule has 2 fully saturated rings. The SMILES string of the molecule is Cc1cc2nc(N(CC3CCCO3)C(=O)c3ccc(S(=O)(=O)N4CCC(C)CC4)cc3)sc2cc1C. The maximum absolute atomic E-state index is 13.7. The Hall–Kier alpha value is -2.33. The molecule has 192 valence electrons. The van der Waals surface area contributed by atoms with E-state index in [4.69, 9.17) is 9.72 Å². The van der Waals surface area contributed by atoms with E-state index < -0.39 is 10.0 Å². The number of carbonyl (C=O) groups excluding carboxylic acids is 1. The molecule has 2 aromatic carbocycles. The Kier molecular flexibility index (Phi) is 7.18. The van der Waals surface area contributed by atoms with Crippen LogP contribution in [0.1, 0.15) is 54.1 Å². The fourth-order valence-electron chi connectivity index (χ4n) is 4.82. The third-order valence-electron chi connectivity index (χ3n) is 7.36. The standard InChI is InChI=1S/C27H33N3O4S2/c1-18-10-12-29(13-11-18)36(32,33)23-8-6-21(7-9-23)26(31)30(17-22-5-4-14-34-22)27-28-24-15-19(2)20(3)16-25(24)35-27/h6-9,15-16,18,22H,4-5,10-14,17H2,1-3H3. The van der Waals surface area contributed by atoms with Gasteiger partial charge in [-0.05, 0) is 93.0 Å². The molecule has 3 heterocycles. The van der Waals surface area contributed by atoms with Crippen LogP contribution in [0.5, 0.6) is 0 Å². The molecule has 2 saturated heterocycles. The lowest BCUT2D eigenvalue weighted by molar-refractivity contribution is 0.0917. The first-order chi connectivity index (χ1) is 17.2. The molecule has 1 atom stereocenters. The molecule has 0 aliphatic carbocycles. The highest BCUT2D eigenvalue weighted by Crippen LogP contribution is 2.33. The smallest absolute Gasteiger partial charge is 0.260 e.